The highest BCUT2D eigenvalue weighted by molar-refractivity contribution is 6.22. The van der Waals surface area contributed by atoms with E-state index >= 15 is 0 Å². The van der Waals surface area contributed by atoms with Crippen molar-refractivity contribution < 1.29 is 14.4 Å². The molecule has 1 saturated heterocycles. The van der Waals surface area contributed by atoms with Crippen LogP contribution in [-0.4, -0.2) is 72.2 Å². The predicted octanol–water partition coefficient (Wildman–Crippen LogP) is 1.47. The molecule has 24 heavy (non-hydrogen) atoms. The van der Waals surface area contributed by atoms with Gasteiger partial charge in [-0.15, -0.1) is 0 Å². The summed E-state index contributed by atoms with van der Waals surface area (Å²) in [6.07, 6.45) is 1.71. The Morgan fingerprint density at radius 3 is 2.38 bits per heavy atom. The molecule has 3 amide bonds. The Morgan fingerprint density at radius 1 is 1.04 bits per heavy atom. The Labute approximate surface area is 142 Å². The molecule has 6 nitrogen and oxygen atoms in total. The molecule has 2 aliphatic heterocycles. The highest BCUT2D eigenvalue weighted by atomic mass is 16.2. The van der Waals surface area contributed by atoms with Crippen LogP contribution in [0.2, 0.25) is 0 Å². The molecule has 3 rings (SSSR count). The van der Waals surface area contributed by atoms with E-state index in [1.165, 1.54) is 4.90 Å². The molecule has 1 aromatic rings. The number of hydrogen-bond acceptors (Lipinski definition) is 4. The number of benzene rings is 1. The third-order valence-corrected chi connectivity index (χ3v) is 4.74. The zero-order valence-electron chi connectivity index (χ0n) is 14.2. The van der Waals surface area contributed by atoms with Gasteiger partial charge in [0, 0.05) is 38.3 Å². The number of imide groups is 1. The van der Waals surface area contributed by atoms with Gasteiger partial charge in [0.25, 0.3) is 17.7 Å². The van der Waals surface area contributed by atoms with Crippen LogP contribution in [0, 0.1) is 0 Å². The molecule has 0 spiro atoms. The number of likely N-dealkylation sites (N-methyl/N-ethyl adjacent to an activating group) is 1. The maximum atomic E-state index is 12.6. The molecule has 1 fully saturated rings. The number of carbonyl (C=O) groups excluding carboxylic acids is 3. The molecular formula is C18H23N3O3. The normalized spacial score (nSPS) is 18.2. The van der Waals surface area contributed by atoms with Crippen molar-refractivity contribution in [1.29, 1.82) is 0 Å². The highest BCUT2D eigenvalue weighted by Crippen LogP contribution is 2.25. The average Bonchev–Trinajstić information content (AvgIpc) is 2.83. The topological polar surface area (TPSA) is 60.9 Å². The molecule has 0 bridgehead atoms. The van der Waals surface area contributed by atoms with Crippen LogP contribution in [0.5, 0.6) is 0 Å². The summed E-state index contributed by atoms with van der Waals surface area (Å²) in [6, 6.07) is 4.86. The Hall–Kier alpha value is -2.21. The van der Waals surface area contributed by atoms with Gasteiger partial charge in [-0.25, -0.2) is 0 Å². The summed E-state index contributed by atoms with van der Waals surface area (Å²) in [5.41, 5.74) is 1.25. The van der Waals surface area contributed by atoms with E-state index < -0.39 is 0 Å². The maximum absolute atomic E-state index is 12.6. The summed E-state index contributed by atoms with van der Waals surface area (Å²) in [5, 5.41) is 0. The summed E-state index contributed by atoms with van der Waals surface area (Å²) in [4.78, 5) is 42.7. The molecule has 0 saturated carbocycles. The van der Waals surface area contributed by atoms with Gasteiger partial charge in [-0.2, -0.15) is 0 Å². The lowest BCUT2D eigenvalue weighted by molar-refractivity contribution is 0.0649. The van der Waals surface area contributed by atoms with Crippen molar-refractivity contribution in [3.8, 4) is 0 Å². The molecule has 0 atom stereocenters. The van der Waals surface area contributed by atoms with Crippen molar-refractivity contribution in [2.45, 2.75) is 19.8 Å². The number of carbonyl (C=O) groups is 3. The summed E-state index contributed by atoms with van der Waals surface area (Å²) < 4.78 is 0. The Morgan fingerprint density at radius 2 is 1.71 bits per heavy atom. The summed E-state index contributed by atoms with van der Waals surface area (Å²) in [6.45, 7) is 5.51. The molecule has 0 aromatic heterocycles. The van der Waals surface area contributed by atoms with E-state index in [0.29, 0.717) is 36.3 Å². The minimum Gasteiger partial charge on any atom is -0.336 e. The largest absolute Gasteiger partial charge is 0.336 e. The number of unbranched alkanes of at least 4 members (excludes halogenated alkanes) is 1. The van der Waals surface area contributed by atoms with Crippen LogP contribution in [0.3, 0.4) is 0 Å². The van der Waals surface area contributed by atoms with Crippen LogP contribution in [0.4, 0.5) is 0 Å². The van der Waals surface area contributed by atoms with Crippen LogP contribution >= 0.6 is 0 Å². The van der Waals surface area contributed by atoms with Crippen LogP contribution in [0.25, 0.3) is 0 Å². The van der Waals surface area contributed by atoms with Gasteiger partial charge in [-0.3, -0.25) is 19.3 Å². The van der Waals surface area contributed by atoms with Crippen molar-refractivity contribution in [2.75, 3.05) is 39.8 Å². The summed E-state index contributed by atoms with van der Waals surface area (Å²) in [5.74, 6) is -0.600. The standard InChI is InChI=1S/C18H23N3O3/c1-3-4-7-21-17(23)14-6-5-13(12-15(14)18(21)24)16(22)20-10-8-19(2)9-11-20/h5-6,12H,3-4,7-11H2,1-2H3. The van der Waals surface area contributed by atoms with E-state index in [2.05, 4.69) is 4.90 Å². The van der Waals surface area contributed by atoms with Crippen LogP contribution in [0.15, 0.2) is 18.2 Å². The first-order chi connectivity index (χ1) is 11.5. The minimum absolute atomic E-state index is 0.0712. The Bertz CT molecular complexity index is 678. The van der Waals surface area contributed by atoms with Gasteiger partial charge in [0.1, 0.15) is 0 Å². The Kier molecular flexibility index (Phi) is 4.66. The summed E-state index contributed by atoms with van der Waals surface area (Å²) in [7, 11) is 2.03. The van der Waals surface area contributed by atoms with E-state index in [9.17, 15) is 14.4 Å². The predicted molar refractivity (Wildman–Crippen MR) is 90.1 cm³/mol. The smallest absolute Gasteiger partial charge is 0.261 e. The highest BCUT2D eigenvalue weighted by Gasteiger charge is 2.35. The van der Waals surface area contributed by atoms with E-state index in [0.717, 1.165) is 25.9 Å². The molecule has 1 aromatic carbocycles. The zero-order valence-corrected chi connectivity index (χ0v) is 14.2. The van der Waals surface area contributed by atoms with Gasteiger partial charge in [0.2, 0.25) is 0 Å². The molecule has 0 unspecified atom stereocenters. The SMILES string of the molecule is CCCCN1C(=O)c2ccc(C(=O)N3CCN(C)CC3)cc2C1=O. The third-order valence-electron chi connectivity index (χ3n) is 4.74. The lowest BCUT2D eigenvalue weighted by Crippen LogP contribution is -2.47. The monoisotopic (exact) mass is 329 g/mol. The molecular weight excluding hydrogens is 306 g/mol. The van der Waals surface area contributed by atoms with Crippen molar-refractivity contribution in [3.63, 3.8) is 0 Å². The molecule has 128 valence electrons. The van der Waals surface area contributed by atoms with Gasteiger partial charge in [-0.05, 0) is 31.7 Å². The van der Waals surface area contributed by atoms with E-state index in [4.69, 9.17) is 0 Å². The van der Waals surface area contributed by atoms with Crippen molar-refractivity contribution in [3.05, 3.63) is 34.9 Å². The van der Waals surface area contributed by atoms with Gasteiger partial charge in [0.15, 0.2) is 0 Å². The van der Waals surface area contributed by atoms with E-state index in [1.807, 2.05) is 14.0 Å². The van der Waals surface area contributed by atoms with Crippen molar-refractivity contribution >= 4 is 17.7 Å². The fourth-order valence-corrected chi connectivity index (χ4v) is 3.14. The Balaban J connectivity index is 1.80. The first-order valence-corrected chi connectivity index (χ1v) is 8.51. The minimum atomic E-state index is -0.281. The summed E-state index contributed by atoms with van der Waals surface area (Å²) >= 11 is 0. The molecule has 0 N–H and O–H groups in total. The molecule has 0 radical (unpaired) electrons. The van der Waals surface area contributed by atoms with E-state index in [1.54, 1.807) is 23.1 Å². The van der Waals surface area contributed by atoms with Gasteiger partial charge in [0.05, 0.1) is 11.1 Å². The van der Waals surface area contributed by atoms with Crippen LogP contribution < -0.4 is 0 Å². The number of amides is 3. The lowest BCUT2D eigenvalue weighted by atomic mass is 10.0. The van der Waals surface area contributed by atoms with E-state index in [-0.39, 0.29) is 17.7 Å². The zero-order chi connectivity index (χ0) is 17.3. The quantitative estimate of drug-likeness (QED) is 0.785. The second-order valence-electron chi connectivity index (χ2n) is 6.47. The first-order valence-electron chi connectivity index (χ1n) is 8.51. The average molecular weight is 329 g/mol. The molecule has 2 heterocycles. The van der Waals surface area contributed by atoms with Gasteiger partial charge in [-0.1, -0.05) is 13.3 Å². The number of nitrogens with zero attached hydrogens (tertiary/aromatic N) is 3. The lowest BCUT2D eigenvalue weighted by Gasteiger charge is -2.32. The maximum Gasteiger partial charge on any atom is 0.261 e. The third kappa shape index (κ3) is 2.94. The van der Waals surface area contributed by atoms with Gasteiger partial charge >= 0.3 is 0 Å². The fraction of sp³-hybridized carbons (Fsp3) is 0.500. The fourth-order valence-electron chi connectivity index (χ4n) is 3.14. The number of piperazine rings is 1. The van der Waals surface area contributed by atoms with Crippen molar-refractivity contribution in [2.24, 2.45) is 0 Å². The van der Waals surface area contributed by atoms with Crippen LogP contribution in [-0.2, 0) is 0 Å². The molecule has 2 aliphatic rings. The number of hydrogen-bond donors (Lipinski definition) is 0. The molecule has 0 aliphatic carbocycles. The van der Waals surface area contributed by atoms with Crippen molar-refractivity contribution in [1.82, 2.24) is 14.7 Å². The second kappa shape index (κ2) is 6.73. The second-order valence-corrected chi connectivity index (χ2v) is 6.47. The van der Waals surface area contributed by atoms with Gasteiger partial charge < -0.3 is 9.80 Å². The number of rotatable bonds is 4. The first kappa shape index (κ1) is 16.6. The van der Waals surface area contributed by atoms with Crippen LogP contribution in [0.1, 0.15) is 50.8 Å². The number of fused-ring (bicyclic) bond motifs is 1. The molecule has 6 heteroatoms.